The number of hydrogen-bond acceptors (Lipinski definition) is 6. The first-order chi connectivity index (χ1) is 15.0. The van der Waals surface area contributed by atoms with Crippen molar-refractivity contribution in [3.8, 4) is 0 Å². The summed E-state index contributed by atoms with van der Waals surface area (Å²) < 4.78 is 14.5. The number of carbonyl (C=O) groups excluding carboxylic acids is 2. The average molecular weight is 501 g/mol. The molecule has 1 saturated carbocycles. The number of nitrogens with zero attached hydrogens (tertiary/aromatic N) is 3. The van der Waals surface area contributed by atoms with Gasteiger partial charge in [0, 0.05) is 16.9 Å². The van der Waals surface area contributed by atoms with E-state index in [2.05, 4.69) is 46.8 Å². The number of amides is 2. The van der Waals surface area contributed by atoms with Crippen molar-refractivity contribution in [1.29, 1.82) is 0 Å². The Balaban J connectivity index is 0.00000289. The molecule has 32 heavy (non-hydrogen) atoms. The first-order valence-electron chi connectivity index (χ1n) is 9.49. The minimum Gasteiger partial charge on any atom is -0.351 e. The van der Waals surface area contributed by atoms with E-state index in [0.29, 0.717) is 39.9 Å². The largest absolute Gasteiger partial charge is 0.351 e. The fraction of sp³-hybridized carbons (Fsp3) is 0.227. The molecule has 2 aromatic heterocycles. The zero-order valence-electron chi connectivity index (χ0n) is 16.2. The summed E-state index contributed by atoms with van der Waals surface area (Å²) in [7, 11) is 0. The van der Waals surface area contributed by atoms with Gasteiger partial charge in [-0.2, -0.15) is 0 Å². The van der Waals surface area contributed by atoms with Gasteiger partial charge < -0.3 is 16.0 Å². The van der Waals surface area contributed by atoms with Crippen LogP contribution in [0.3, 0.4) is 0 Å². The van der Waals surface area contributed by atoms with Gasteiger partial charge in [-0.3, -0.25) is 14.6 Å². The molecule has 1 aromatic carbocycles. The summed E-state index contributed by atoms with van der Waals surface area (Å²) in [6.07, 6.45) is 6.81. The number of benzene rings is 1. The van der Waals surface area contributed by atoms with Crippen molar-refractivity contribution in [2.24, 2.45) is 0 Å². The number of anilines is 2. The highest BCUT2D eigenvalue weighted by molar-refractivity contribution is 9.10. The first-order valence-corrected chi connectivity index (χ1v) is 10.3. The maximum atomic E-state index is 13.9. The summed E-state index contributed by atoms with van der Waals surface area (Å²) >= 11 is 3.31. The van der Waals surface area contributed by atoms with Gasteiger partial charge >= 0.3 is 0 Å². The van der Waals surface area contributed by atoms with Crippen LogP contribution in [0, 0.1) is 5.82 Å². The van der Waals surface area contributed by atoms with E-state index in [4.69, 9.17) is 0 Å². The van der Waals surface area contributed by atoms with Crippen LogP contribution >= 0.6 is 15.9 Å². The predicted molar refractivity (Wildman–Crippen MR) is 122 cm³/mol. The summed E-state index contributed by atoms with van der Waals surface area (Å²) in [4.78, 5) is 36.8. The number of hydrogen-bond donors (Lipinski definition) is 3. The third kappa shape index (κ3) is 5.25. The molecule has 166 valence electrons. The van der Waals surface area contributed by atoms with E-state index < -0.39 is 5.54 Å². The molecule has 1 fully saturated rings. The fourth-order valence-electron chi connectivity index (χ4n) is 2.94. The Bertz CT molecular complexity index is 1090. The number of para-hydroxylation sites is 1. The summed E-state index contributed by atoms with van der Waals surface area (Å²) in [5, 5.41) is 8.55. The SMILES string of the molecule is C.O=C(NC1(C(=O)NCc2ccc(Nc3c(F)cccc3Br)cn2)CC1)c1cncnc1. The topological polar surface area (TPSA) is 109 Å². The lowest BCUT2D eigenvalue weighted by Gasteiger charge is -2.17. The number of pyridine rings is 1. The molecule has 3 N–H and O–H groups in total. The van der Waals surface area contributed by atoms with Gasteiger partial charge in [0.1, 0.15) is 17.7 Å². The molecule has 0 saturated heterocycles. The Morgan fingerprint density at radius 2 is 1.84 bits per heavy atom. The predicted octanol–water partition coefficient (Wildman–Crippen LogP) is 3.73. The second-order valence-corrected chi connectivity index (χ2v) is 7.96. The van der Waals surface area contributed by atoms with E-state index in [9.17, 15) is 14.0 Å². The third-order valence-electron chi connectivity index (χ3n) is 4.85. The van der Waals surface area contributed by atoms with Gasteiger partial charge in [0.15, 0.2) is 0 Å². The lowest BCUT2D eigenvalue weighted by atomic mass is 10.2. The Morgan fingerprint density at radius 3 is 2.47 bits per heavy atom. The summed E-state index contributed by atoms with van der Waals surface area (Å²) in [5.74, 6) is -1.04. The maximum Gasteiger partial charge on any atom is 0.255 e. The third-order valence-corrected chi connectivity index (χ3v) is 5.51. The van der Waals surface area contributed by atoms with E-state index in [1.807, 2.05) is 0 Å². The Labute approximate surface area is 193 Å². The number of nitrogens with one attached hydrogen (secondary N) is 3. The average Bonchev–Trinajstić information content (AvgIpc) is 3.57. The van der Waals surface area contributed by atoms with Gasteiger partial charge in [0.25, 0.3) is 5.91 Å². The number of rotatable bonds is 7. The van der Waals surface area contributed by atoms with E-state index in [-0.39, 0.29) is 31.6 Å². The van der Waals surface area contributed by atoms with Crippen LogP contribution in [0.4, 0.5) is 15.8 Å². The molecule has 0 spiro atoms. The molecule has 8 nitrogen and oxygen atoms in total. The van der Waals surface area contributed by atoms with E-state index in [1.165, 1.54) is 24.8 Å². The molecule has 2 heterocycles. The van der Waals surface area contributed by atoms with Gasteiger partial charge in [-0.1, -0.05) is 13.5 Å². The quantitative estimate of drug-likeness (QED) is 0.456. The normalized spacial score (nSPS) is 13.4. The molecule has 4 rings (SSSR count). The molecule has 0 unspecified atom stereocenters. The molecule has 2 amide bonds. The number of halogens is 2. The van der Waals surface area contributed by atoms with Gasteiger partial charge in [-0.15, -0.1) is 0 Å². The van der Waals surface area contributed by atoms with Crippen molar-refractivity contribution in [2.45, 2.75) is 32.4 Å². The lowest BCUT2D eigenvalue weighted by Crippen LogP contribution is -2.48. The van der Waals surface area contributed by atoms with E-state index in [0.717, 1.165) is 0 Å². The number of aromatic nitrogens is 3. The summed E-state index contributed by atoms with van der Waals surface area (Å²) in [6, 6.07) is 8.19. The molecule has 0 aliphatic heterocycles. The lowest BCUT2D eigenvalue weighted by molar-refractivity contribution is -0.124. The van der Waals surface area contributed by atoms with Gasteiger partial charge in [0.05, 0.1) is 35.4 Å². The zero-order chi connectivity index (χ0) is 21.8. The molecule has 0 bridgehead atoms. The standard InChI is InChI=1S/C21H18BrFN6O2.CH4/c22-16-2-1-3-17(23)18(16)28-15-5-4-14(26-11-15)10-27-20(31)21(6-7-21)29-19(30)13-8-24-12-25-9-13;/h1-5,8-9,11-12,28H,6-7,10H2,(H,27,31)(H,29,30);1H4. The van der Waals surface area contributed by atoms with Crippen molar-refractivity contribution >= 4 is 39.1 Å². The monoisotopic (exact) mass is 500 g/mol. The maximum absolute atomic E-state index is 13.9. The van der Waals surface area contributed by atoms with Gasteiger partial charge in [-0.25, -0.2) is 14.4 Å². The van der Waals surface area contributed by atoms with Crippen molar-refractivity contribution in [3.63, 3.8) is 0 Å². The van der Waals surface area contributed by atoms with E-state index in [1.54, 1.807) is 30.5 Å². The highest BCUT2D eigenvalue weighted by Crippen LogP contribution is 2.36. The van der Waals surface area contributed by atoms with Crippen LogP contribution in [0.2, 0.25) is 0 Å². The van der Waals surface area contributed by atoms with Crippen LogP contribution < -0.4 is 16.0 Å². The van der Waals surface area contributed by atoms with Crippen molar-refractivity contribution in [2.75, 3.05) is 5.32 Å². The van der Waals surface area contributed by atoms with E-state index >= 15 is 0 Å². The van der Waals surface area contributed by atoms with Crippen LogP contribution in [0.5, 0.6) is 0 Å². The van der Waals surface area contributed by atoms with Gasteiger partial charge in [-0.05, 0) is 53.0 Å². The van der Waals surface area contributed by atoms with Crippen molar-refractivity contribution in [3.05, 3.63) is 76.8 Å². The van der Waals surface area contributed by atoms with Crippen LogP contribution in [0.25, 0.3) is 0 Å². The smallest absolute Gasteiger partial charge is 0.255 e. The molecule has 3 aromatic rings. The zero-order valence-corrected chi connectivity index (χ0v) is 17.8. The second-order valence-electron chi connectivity index (χ2n) is 7.11. The molecule has 0 radical (unpaired) electrons. The molecule has 10 heteroatoms. The van der Waals surface area contributed by atoms with Crippen LogP contribution in [0.1, 0.15) is 36.3 Å². The van der Waals surface area contributed by atoms with Crippen LogP contribution in [-0.2, 0) is 11.3 Å². The molecule has 1 aliphatic carbocycles. The highest BCUT2D eigenvalue weighted by atomic mass is 79.9. The minimum absolute atomic E-state index is 0. The van der Waals surface area contributed by atoms with Crippen molar-refractivity contribution < 1.29 is 14.0 Å². The highest BCUT2D eigenvalue weighted by Gasteiger charge is 2.51. The molecular weight excluding hydrogens is 479 g/mol. The second kappa shape index (κ2) is 9.82. The fourth-order valence-corrected chi connectivity index (χ4v) is 3.39. The van der Waals surface area contributed by atoms with Crippen LogP contribution in [0.15, 0.2) is 59.7 Å². The van der Waals surface area contributed by atoms with Crippen LogP contribution in [-0.4, -0.2) is 32.3 Å². The Hall–Kier alpha value is -3.40. The molecular formula is C22H22BrFN6O2. The Kier molecular flexibility index (Phi) is 7.14. The number of carbonyl (C=O) groups is 2. The summed E-state index contributed by atoms with van der Waals surface area (Å²) in [5.41, 5.74) is 0.946. The molecule has 1 aliphatic rings. The van der Waals surface area contributed by atoms with Crippen molar-refractivity contribution in [1.82, 2.24) is 25.6 Å². The van der Waals surface area contributed by atoms with Gasteiger partial charge in [0.2, 0.25) is 5.91 Å². The first kappa shape index (κ1) is 23.3. The minimum atomic E-state index is -0.911. The Morgan fingerprint density at radius 1 is 1.09 bits per heavy atom. The molecule has 0 atom stereocenters. The summed E-state index contributed by atoms with van der Waals surface area (Å²) in [6.45, 7) is 0.203.